The highest BCUT2D eigenvalue weighted by Crippen LogP contribution is 2.44. The van der Waals surface area contributed by atoms with E-state index in [-0.39, 0.29) is 29.1 Å². The number of anilines is 4. The van der Waals surface area contributed by atoms with Crippen molar-refractivity contribution < 1.29 is 28.3 Å². The van der Waals surface area contributed by atoms with Gasteiger partial charge in [-0.15, -0.1) is 0 Å². The lowest BCUT2D eigenvalue weighted by Gasteiger charge is -2.16. The summed E-state index contributed by atoms with van der Waals surface area (Å²) in [5.41, 5.74) is 2.76. The van der Waals surface area contributed by atoms with Crippen LogP contribution in [0, 0.1) is 5.82 Å². The number of ether oxygens (including phenoxy) is 1. The van der Waals surface area contributed by atoms with Crippen molar-refractivity contribution in [2.45, 2.75) is 38.5 Å². The summed E-state index contributed by atoms with van der Waals surface area (Å²) in [4.78, 5) is 59.8. The van der Waals surface area contributed by atoms with Gasteiger partial charge in [0.15, 0.2) is 5.82 Å². The second-order valence-electron chi connectivity index (χ2n) is 12.3. The summed E-state index contributed by atoms with van der Waals surface area (Å²) in [6, 6.07) is 15.0. The summed E-state index contributed by atoms with van der Waals surface area (Å²) >= 11 is 0. The normalized spacial score (nSPS) is 15.3. The Balaban J connectivity index is 0.000000185. The van der Waals surface area contributed by atoms with E-state index in [1.165, 1.54) is 43.7 Å². The standard InChI is InChI=1S/C18H19N3O3.C17H16FN3O2/c1-18(2)13-7-6-12(9-14(13)21(3)17(18)23)20-16(22)11-5-8-15(24-4)19-10-11;1-17(2)11-4-5-12(13(18)14(11)21(3)16(17)23)20-15(22)10-6-8-19-9-7-10/h5-10H,1-4H3,(H,20,22);4-9H,1-3H3,(H,20,22). The molecule has 11 nitrogen and oxygen atoms in total. The minimum Gasteiger partial charge on any atom is -0.481 e. The fraction of sp³-hybridized carbons (Fsp3) is 0.257. The minimum atomic E-state index is -0.779. The average molecular weight is 639 g/mol. The van der Waals surface area contributed by atoms with Gasteiger partial charge in [-0.2, -0.15) is 0 Å². The number of benzene rings is 2. The highest BCUT2D eigenvalue weighted by Gasteiger charge is 2.44. The van der Waals surface area contributed by atoms with Crippen molar-refractivity contribution in [1.82, 2.24) is 9.97 Å². The molecule has 0 radical (unpaired) electrons. The number of carbonyl (C=O) groups excluding carboxylic acids is 4. The SMILES string of the molecule is CN1C(=O)C(C)(C)c2ccc(NC(=O)c3ccncc3)c(F)c21.COc1ccc(C(=O)Nc2ccc3c(c2)N(C)C(=O)C3(C)C)cn1. The van der Waals surface area contributed by atoms with E-state index in [1.807, 2.05) is 32.0 Å². The van der Waals surface area contributed by atoms with Crippen molar-refractivity contribution in [3.05, 3.63) is 101 Å². The van der Waals surface area contributed by atoms with Crippen molar-refractivity contribution in [2.75, 3.05) is 41.6 Å². The molecule has 0 fully saturated rings. The topological polar surface area (TPSA) is 134 Å². The maximum Gasteiger partial charge on any atom is 0.257 e. The number of pyridine rings is 2. The number of aromatic nitrogens is 2. The zero-order chi connectivity index (χ0) is 34.3. The number of hydrogen-bond acceptors (Lipinski definition) is 7. The number of halogens is 1. The van der Waals surface area contributed by atoms with E-state index in [2.05, 4.69) is 20.6 Å². The molecule has 242 valence electrons. The molecule has 12 heteroatoms. The van der Waals surface area contributed by atoms with Gasteiger partial charge in [0, 0.05) is 55.7 Å². The van der Waals surface area contributed by atoms with Gasteiger partial charge in [0.05, 0.1) is 34.9 Å². The molecule has 0 bridgehead atoms. The number of carbonyl (C=O) groups is 4. The monoisotopic (exact) mass is 638 g/mol. The number of amides is 4. The molecule has 4 aromatic rings. The Morgan fingerprint density at radius 3 is 2.04 bits per heavy atom. The lowest BCUT2D eigenvalue weighted by Crippen LogP contribution is -2.33. The van der Waals surface area contributed by atoms with Gasteiger partial charge in [0.25, 0.3) is 11.8 Å². The molecule has 0 unspecified atom stereocenters. The fourth-order valence-electron chi connectivity index (χ4n) is 5.73. The summed E-state index contributed by atoms with van der Waals surface area (Å²) in [6.07, 6.45) is 4.44. The highest BCUT2D eigenvalue weighted by molar-refractivity contribution is 6.10. The molecule has 4 amide bonds. The Morgan fingerprint density at radius 1 is 0.787 bits per heavy atom. The van der Waals surface area contributed by atoms with Crippen LogP contribution in [-0.2, 0) is 20.4 Å². The molecule has 2 aliphatic rings. The molecule has 4 heterocycles. The maximum absolute atomic E-state index is 14.8. The van der Waals surface area contributed by atoms with Crippen LogP contribution in [0.15, 0.2) is 73.2 Å². The quantitative estimate of drug-likeness (QED) is 0.302. The van der Waals surface area contributed by atoms with Gasteiger partial charge in [-0.1, -0.05) is 12.1 Å². The van der Waals surface area contributed by atoms with Crippen LogP contribution in [0.2, 0.25) is 0 Å². The maximum atomic E-state index is 14.8. The van der Waals surface area contributed by atoms with E-state index in [0.717, 1.165) is 11.3 Å². The summed E-state index contributed by atoms with van der Waals surface area (Å²) in [6.45, 7) is 7.32. The first-order chi connectivity index (χ1) is 22.2. The minimum absolute atomic E-state index is 0.0420. The van der Waals surface area contributed by atoms with E-state index < -0.39 is 22.6 Å². The molecule has 0 aliphatic carbocycles. The number of likely N-dealkylation sites (N-methyl/N-ethyl adjacent to an activating group) is 2. The van der Waals surface area contributed by atoms with Crippen molar-refractivity contribution in [1.29, 1.82) is 0 Å². The van der Waals surface area contributed by atoms with Crippen LogP contribution in [0.5, 0.6) is 5.88 Å². The summed E-state index contributed by atoms with van der Waals surface area (Å²) in [5, 5.41) is 5.37. The Hall–Kier alpha value is -5.65. The van der Waals surface area contributed by atoms with Crippen molar-refractivity contribution >= 4 is 46.4 Å². The molecule has 0 atom stereocenters. The second kappa shape index (κ2) is 12.3. The fourth-order valence-corrected chi connectivity index (χ4v) is 5.73. The van der Waals surface area contributed by atoms with E-state index in [4.69, 9.17) is 4.74 Å². The first kappa shape index (κ1) is 32.7. The number of hydrogen-bond donors (Lipinski definition) is 2. The number of methoxy groups -OCH3 is 1. The number of nitrogens with zero attached hydrogens (tertiary/aromatic N) is 4. The van der Waals surface area contributed by atoms with E-state index in [1.54, 1.807) is 56.1 Å². The van der Waals surface area contributed by atoms with Crippen LogP contribution in [0.25, 0.3) is 0 Å². The average Bonchev–Trinajstić information content (AvgIpc) is 3.35. The van der Waals surface area contributed by atoms with Gasteiger partial charge in [-0.25, -0.2) is 9.37 Å². The van der Waals surface area contributed by atoms with Crippen molar-refractivity contribution in [2.24, 2.45) is 0 Å². The number of rotatable bonds is 5. The van der Waals surface area contributed by atoms with Gasteiger partial charge >= 0.3 is 0 Å². The van der Waals surface area contributed by atoms with Crippen LogP contribution >= 0.6 is 0 Å². The third kappa shape index (κ3) is 5.89. The highest BCUT2D eigenvalue weighted by atomic mass is 19.1. The van der Waals surface area contributed by atoms with Crippen molar-refractivity contribution in [3.63, 3.8) is 0 Å². The van der Waals surface area contributed by atoms with Crippen molar-refractivity contribution in [3.8, 4) is 5.88 Å². The van der Waals surface area contributed by atoms with Crippen LogP contribution in [0.1, 0.15) is 59.5 Å². The molecule has 0 spiro atoms. The molecule has 6 rings (SSSR count). The Labute approximate surface area is 271 Å². The van der Waals surface area contributed by atoms with Crippen LogP contribution < -0.4 is 25.2 Å². The Kier molecular flexibility index (Phi) is 8.55. The molecule has 2 aromatic heterocycles. The van der Waals surface area contributed by atoms with Crippen LogP contribution in [-0.4, -0.2) is 54.8 Å². The van der Waals surface area contributed by atoms with E-state index >= 15 is 0 Å². The van der Waals surface area contributed by atoms with Gasteiger partial charge in [0.2, 0.25) is 17.7 Å². The molecule has 2 aliphatic heterocycles. The zero-order valence-electron chi connectivity index (χ0n) is 27.1. The number of fused-ring (bicyclic) bond motifs is 2. The Morgan fingerprint density at radius 2 is 1.40 bits per heavy atom. The third-order valence-corrected chi connectivity index (χ3v) is 8.49. The molecule has 2 aromatic carbocycles. The van der Waals surface area contributed by atoms with Crippen LogP contribution in [0.4, 0.5) is 27.1 Å². The molecule has 0 saturated heterocycles. The van der Waals surface area contributed by atoms with Gasteiger partial charge in [0.1, 0.15) is 0 Å². The molecular weight excluding hydrogens is 603 g/mol. The predicted octanol–water partition coefficient (Wildman–Crippen LogP) is 5.32. The predicted molar refractivity (Wildman–Crippen MR) is 177 cm³/mol. The smallest absolute Gasteiger partial charge is 0.257 e. The van der Waals surface area contributed by atoms with Gasteiger partial charge < -0.3 is 25.2 Å². The summed E-state index contributed by atoms with van der Waals surface area (Å²) in [5.74, 6) is -0.990. The van der Waals surface area contributed by atoms with E-state index in [0.29, 0.717) is 28.3 Å². The second-order valence-corrected chi connectivity index (χ2v) is 12.3. The Bertz CT molecular complexity index is 1890. The summed E-state index contributed by atoms with van der Waals surface area (Å²) < 4.78 is 19.8. The molecule has 0 saturated carbocycles. The van der Waals surface area contributed by atoms with Gasteiger partial charge in [-0.3, -0.25) is 24.2 Å². The largest absolute Gasteiger partial charge is 0.481 e. The molecule has 47 heavy (non-hydrogen) atoms. The lowest BCUT2D eigenvalue weighted by atomic mass is 9.86. The number of nitrogens with one attached hydrogen (secondary N) is 2. The molecule has 2 N–H and O–H groups in total. The lowest BCUT2D eigenvalue weighted by molar-refractivity contribution is -0.122. The van der Waals surface area contributed by atoms with Crippen LogP contribution in [0.3, 0.4) is 0 Å². The first-order valence-electron chi connectivity index (χ1n) is 14.7. The zero-order valence-corrected chi connectivity index (χ0v) is 27.1. The summed E-state index contributed by atoms with van der Waals surface area (Å²) in [7, 11) is 4.80. The first-order valence-corrected chi connectivity index (χ1v) is 14.7. The third-order valence-electron chi connectivity index (χ3n) is 8.49. The molecular formula is C35H35FN6O5. The van der Waals surface area contributed by atoms with E-state index in [9.17, 15) is 23.6 Å². The van der Waals surface area contributed by atoms with Gasteiger partial charge in [-0.05, 0) is 75.2 Å².